The Morgan fingerprint density at radius 2 is 2.05 bits per heavy atom. The third-order valence-corrected chi connectivity index (χ3v) is 3.97. The molecule has 1 aromatic rings. The minimum atomic E-state index is -0.415. The van der Waals surface area contributed by atoms with E-state index in [1.54, 1.807) is 0 Å². The maximum Gasteiger partial charge on any atom is 0.163 e. The lowest BCUT2D eigenvalue weighted by molar-refractivity contribution is -0.138. The Morgan fingerprint density at radius 1 is 1.37 bits per heavy atom. The molecule has 0 aliphatic carbocycles. The van der Waals surface area contributed by atoms with Gasteiger partial charge in [0.2, 0.25) is 0 Å². The predicted molar refractivity (Wildman–Crippen MR) is 86.1 cm³/mol. The molecule has 1 atom stereocenters. The SMILES string of the molecule is C=C(CCC1COC(C)(C)O1)Cc1ccc(I)cc1. The third kappa shape index (κ3) is 4.89. The standard InChI is InChI=1S/C16H21IO2/c1-12(10-13-5-7-14(17)8-6-13)4-9-15-11-18-16(2,3)19-15/h5-8,15H,1,4,9-11H2,2-3H3. The van der Waals surface area contributed by atoms with Crippen molar-refractivity contribution in [1.82, 2.24) is 0 Å². The van der Waals surface area contributed by atoms with Crippen LogP contribution in [0.2, 0.25) is 0 Å². The van der Waals surface area contributed by atoms with Crippen molar-refractivity contribution < 1.29 is 9.47 Å². The monoisotopic (exact) mass is 372 g/mol. The highest BCUT2D eigenvalue weighted by molar-refractivity contribution is 14.1. The topological polar surface area (TPSA) is 18.5 Å². The van der Waals surface area contributed by atoms with Gasteiger partial charge in [0.25, 0.3) is 0 Å². The molecule has 1 aromatic carbocycles. The van der Waals surface area contributed by atoms with E-state index in [-0.39, 0.29) is 6.10 Å². The largest absolute Gasteiger partial charge is 0.348 e. The number of hydrogen-bond acceptors (Lipinski definition) is 2. The summed E-state index contributed by atoms with van der Waals surface area (Å²) in [6.45, 7) is 8.80. The lowest BCUT2D eigenvalue weighted by Gasteiger charge is -2.17. The van der Waals surface area contributed by atoms with E-state index in [0.717, 1.165) is 19.3 Å². The van der Waals surface area contributed by atoms with Gasteiger partial charge < -0.3 is 9.47 Å². The summed E-state index contributed by atoms with van der Waals surface area (Å²) in [6, 6.07) is 8.62. The van der Waals surface area contributed by atoms with Crippen LogP contribution in [0.15, 0.2) is 36.4 Å². The lowest BCUT2D eigenvalue weighted by atomic mass is 10.0. The Bertz CT molecular complexity index is 437. The molecule has 0 amide bonds. The molecular weight excluding hydrogens is 351 g/mol. The molecule has 0 spiro atoms. The molecular formula is C16H21IO2. The Balaban J connectivity index is 1.75. The van der Waals surface area contributed by atoms with Crippen molar-refractivity contribution in [2.24, 2.45) is 0 Å². The summed E-state index contributed by atoms with van der Waals surface area (Å²) in [7, 11) is 0. The number of halogens is 1. The molecule has 2 rings (SSSR count). The molecule has 2 nitrogen and oxygen atoms in total. The van der Waals surface area contributed by atoms with Gasteiger partial charge in [0.1, 0.15) is 0 Å². The van der Waals surface area contributed by atoms with E-state index in [2.05, 4.69) is 53.4 Å². The third-order valence-electron chi connectivity index (χ3n) is 3.25. The maximum atomic E-state index is 5.80. The van der Waals surface area contributed by atoms with Crippen molar-refractivity contribution in [3.63, 3.8) is 0 Å². The van der Waals surface area contributed by atoms with Gasteiger partial charge in [0.15, 0.2) is 5.79 Å². The first-order valence-corrected chi connectivity index (χ1v) is 7.75. The zero-order chi connectivity index (χ0) is 13.9. The van der Waals surface area contributed by atoms with Gasteiger partial charge in [0, 0.05) is 3.57 Å². The average molecular weight is 372 g/mol. The van der Waals surface area contributed by atoms with Crippen LogP contribution >= 0.6 is 22.6 Å². The number of hydrogen-bond donors (Lipinski definition) is 0. The van der Waals surface area contributed by atoms with Crippen molar-refractivity contribution >= 4 is 22.6 Å². The molecule has 19 heavy (non-hydrogen) atoms. The Hall–Kier alpha value is -0.390. The molecule has 104 valence electrons. The highest BCUT2D eigenvalue weighted by Crippen LogP contribution is 2.26. The van der Waals surface area contributed by atoms with E-state index in [1.165, 1.54) is 14.7 Å². The van der Waals surface area contributed by atoms with Crippen molar-refractivity contribution in [1.29, 1.82) is 0 Å². The summed E-state index contributed by atoms with van der Waals surface area (Å²) in [6.07, 6.45) is 3.15. The van der Waals surface area contributed by atoms with E-state index in [9.17, 15) is 0 Å². The molecule has 0 bridgehead atoms. The van der Waals surface area contributed by atoms with Gasteiger partial charge in [-0.15, -0.1) is 0 Å². The fourth-order valence-corrected chi connectivity index (χ4v) is 2.61. The molecule has 1 aliphatic rings. The van der Waals surface area contributed by atoms with Crippen LogP contribution in [0.1, 0.15) is 32.3 Å². The highest BCUT2D eigenvalue weighted by atomic mass is 127. The second-order valence-electron chi connectivity index (χ2n) is 5.54. The van der Waals surface area contributed by atoms with Gasteiger partial charge in [0.05, 0.1) is 12.7 Å². The predicted octanol–water partition coefficient (Wildman–Crippen LogP) is 4.32. The molecule has 0 radical (unpaired) electrons. The van der Waals surface area contributed by atoms with Crippen LogP contribution < -0.4 is 0 Å². The average Bonchev–Trinajstić information content (AvgIpc) is 2.69. The van der Waals surface area contributed by atoms with Crippen LogP contribution in [0, 0.1) is 3.57 Å². The van der Waals surface area contributed by atoms with Gasteiger partial charge in [-0.05, 0) is 73.4 Å². The summed E-state index contributed by atoms with van der Waals surface area (Å²) in [5, 5.41) is 0. The molecule has 1 heterocycles. The quantitative estimate of drug-likeness (QED) is 0.566. The molecule has 1 saturated heterocycles. The van der Waals surface area contributed by atoms with Gasteiger partial charge >= 0.3 is 0 Å². The zero-order valence-corrected chi connectivity index (χ0v) is 13.8. The summed E-state index contributed by atoms with van der Waals surface area (Å²) < 4.78 is 12.6. The van der Waals surface area contributed by atoms with E-state index in [1.807, 2.05) is 13.8 Å². The van der Waals surface area contributed by atoms with Gasteiger partial charge in [-0.3, -0.25) is 0 Å². The normalized spacial score (nSPS) is 21.5. The molecule has 3 heteroatoms. The van der Waals surface area contributed by atoms with E-state index in [4.69, 9.17) is 9.47 Å². The summed E-state index contributed by atoms with van der Waals surface area (Å²) in [5.74, 6) is -0.415. The molecule has 0 N–H and O–H groups in total. The highest BCUT2D eigenvalue weighted by Gasteiger charge is 2.32. The van der Waals surface area contributed by atoms with Crippen LogP contribution in [0.5, 0.6) is 0 Å². The first kappa shape index (κ1) is 15.0. The minimum absolute atomic E-state index is 0.212. The van der Waals surface area contributed by atoms with Crippen LogP contribution in [0.3, 0.4) is 0 Å². The second kappa shape index (κ2) is 6.37. The summed E-state index contributed by atoms with van der Waals surface area (Å²) >= 11 is 2.32. The number of rotatable bonds is 5. The van der Waals surface area contributed by atoms with Crippen LogP contribution in [-0.2, 0) is 15.9 Å². The van der Waals surface area contributed by atoms with Crippen molar-refractivity contribution in [3.8, 4) is 0 Å². The fourth-order valence-electron chi connectivity index (χ4n) is 2.25. The van der Waals surface area contributed by atoms with Crippen molar-refractivity contribution in [2.75, 3.05) is 6.61 Å². The summed E-state index contributed by atoms with van der Waals surface area (Å²) in [5.41, 5.74) is 2.59. The van der Waals surface area contributed by atoms with E-state index >= 15 is 0 Å². The first-order valence-electron chi connectivity index (χ1n) is 6.67. The fraction of sp³-hybridized carbons (Fsp3) is 0.500. The summed E-state index contributed by atoms with van der Waals surface area (Å²) in [4.78, 5) is 0. The molecule has 1 fully saturated rings. The lowest BCUT2D eigenvalue weighted by Crippen LogP contribution is -2.21. The van der Waals surface area contributed by atoms with Gasteiger partial charge in [-0.25, -0.2) is 0 Å². The molecule has 1 aliphatic heterocycles. The van der Waals surface area contributed by atoms with Crippen LogP contribution in [-0.4, -0.2) is 18.5 Å². The zero-order valence-electron chi connectivity index (χ0n) is 11.6. The smallest absolute Gasteiger partial charge is 0.163 e. The first-order chi connectivity index (χ1) is 8.94. The van der Waals surface area contributed by atoms with E-state index < -0.39 is 5.79 Å². The van der Waals surface area contributed by atoms with Gasteiger partial charge in [-0.1, -0.05) is 24.3 Å². The van der Waals surface area contributed by atoms with Crippen molar-refractivity contribution in [2.45, 2.75) is 45.0 Å². The Labute approximate surface area is 129 Å². The second-order valence-corrected chi connectivity index (χ2v) is 6.79. The number of benzene rings is 1. The van der Waals surface area contributed by atoms with Crippen molar-refractivity contribution in [3.05, 3.63) is 45.6 Å². The van der Waals surface area contributed by atoms with E-state index in [0.29, 0.717) is 6.61 Å². The van der Waals surface area contributed by atoms with Crippen LogP contribution in [0.4, 0.5) is 0 Å². The molecule has 1 unspecified atom stereocenters. The Kier molecular flexibility index (Phi) is 5.03. The number of allylic oxidation sites excluding steroid dienone is 1. The van der Waals surface area contributed by atoms with Gasteiger partial charge in [-0.2, -0.15) is 0 Å². The number of ether oxygens (including phenoxy) is 2. The minimum Gasteiger partial charge on any atom is -0.348 e. The molecule has 0 saturated carbocycles. The maximum absolute atomic E-state index is 5.80. The Morgan fingerprint density at radius 3 is 2.63 bits per heavy atom. The van der Waals surface area contributed by atoms with Crippen LogP contribution in [0.25, 0.3) is 0 Å². The molecule has 0 aromatic heterocycles.